The number of nitrogens with zero attached hydrogens (tertiary/aromatic N) is 1. The molecule has 1 heterocycles. The molecule has 2 amide bonds. The number of benzene rings is 1. The number of nitrogens with one attached hydrogen (secondary N) is 1. The molecule has 0 unspecified atom stereocenters. The Morgan fingerprint density at radius 3 is 2.90 bits per heavy atom. The Kier molecular flexibility index (Phi) is 5.61. The molecule has 2 rings (SSSR count). The van der Waals surface area contributed by atoms with Gasteiger partial charge in [0.05, 0.1) is 25.5 Å². The predicted molar refractivity (Wildman–Crippen MR) is 81.2 cm³/mol. The fraction of sp³-hybridized carbons (Fsp3) is 0.438. The fourth-order valence-electron chi connectivity index (χ4n) is 2.04. The zero-order valence-corrected chi connectivity index (χ0v) is 12.2. The van der Waals surface area contributed by atoms with E-state index in [1.165, 1.54) is 0 Å². The Morgan fingerprint density at radius 1 is 1.43 bits per heavy atom. The van der Waals surface area contributed by atoms with Crippen LogP contribution in [0.25, 0.3) is 0 Å². The minimum Gasteiger partial charge on any atom is -0.395 e. The van der Waals surface area contributed by atoms with E-state index in [9.17, 15) is 4.79 Å². The molecule has 1 saturated heterocycles. The monoisotopic (exact) mass is 288 g/mol. The highest BCUT2D eigenvalue weighted by atomic mass is 16.5. The number of urea groups is 1. The second-order valence-electron chi connectivity index (χ2n) is 4.85. The van der Waals surface area contributed by atoms with Crippen LogP contribution in [0.4, 0.5) is 10.5 Å². The van der Waals surface area contributed by atoms with Gasteiger partial charge in [-0.25, -0.2) is 4.79 Å². The molecule has 1 aromatic rings. The van der Waals surface area contributed by atoms with Crippen molar-refractivity contribution in [2.45, 2.75) is 13.3 Å². The zero-order chi connectivity index (χ0) is 15.1. The second kappa shape index (κ2) is 7.67. The summed E-state index contributed by atoms with van der Waals surface area (Å²) in [6.07, 6.45) is 0.421. The van der Waals surface area contributed by atoms with Gasteiger partial charge in [-0.3, -0.25) is 0 Å². The number of aryl methyl sites for hydroxylation is 1. The van der Waals surface area contributed by atoms with Crippen LogP contribution in [0.15, 0.2) is 18.2 Å². The quantitative estimate of drug-likeness (QED) is 0.813. The molecule has 0 bridgehead atoms. The first-order valence-corrected chi connectivity index (χ1v) is 7.05. The van der Waals surface area contributed by atoms with Crippen molar-refractivity contribution in [1.29, 1.82) is 0 Å². The van der Waals surface area contributed by atoms with Gasteiger partial charge in [-0.1, -0.05) is 17.9 Å². The Morgan fingerprint density at radius 2 is 2.19 bits per heavy atom. The molecule has 1 fully saturated rings. The average Bonchev–Trinajstić information content (AvgIpc) is 2.51. The van der Waals surface area contributed by atoms with Gasteiger partial charge in [0.1, 0.15) is 0 Å². The summed E-state index contributed by atoms with van der Waals surface area (Å²) in [5, 5.41) is 11.7. The summed E-state index contributed by atoms with van der Waals surface area (Å²) < 4.78 is 5.24. The van der Waals surface area contributed by atoms with Gasteiger partial charge < -0.3 is 20.1 Å². The maximum Gasteiger partial charge on any atom is 0.322 e. The number of anilines is 1. The van der Waals surface area contributed by atoms with Crippen molar-refractivity contribution in [2.75, 3.05) is 38.2 Å². The molecule has 0 atom stereocenters. The fourth-order valence-corrected chi connectivity index (χ4v) is 2.04. The average molecular weight is 288 g/mol. The van der Waals surface area contributed by atoms with Crippen LogP contribution in [-0.4, -0.2) is 48.9 Å². The van der Waals surface area contributed by atoms with Crippen molar-refractivity contribution in [1.82, 2.24) is 4.90 Å². The Labute approximate surface area is 124 Å². The largest absolute Gasteiger partial charge is 0.395 e. The van der Waals surface area contributed by atoms with Gasteiger partial charge in [0, 0.05) is 25.1 Å². The van der Waals surface area contributed by atoms with Gasteiger partial charge in [-0.15, -0.1) is 0 Å². The van der Waals surface area contributed by atoms with Crippen molar-refractivity contribution in [3.8, 4) is 11.8 Å². The first-order valence-electron chi connectivity index (χ1n) is 7.05. The van der Waals surface area contributed by atoms with Gasteiger partial charge >= 0.3 is 6.03 Å². The lowest BCUT2D eigenvalue weighted by atomic mass is 10.1. The number of carbonyl (C=O) groups is 1. The molecular weight excluding hydrogens is 268 g/mol. The van der Waals surface area contributed by atoms with E-state index < -0.39 is 0 Å². The topological polar surface area (TPSA) is 61.8 Å². The van der Waals surface area contributed by atoms with E-state index in [-0.39, 0.29) is 12.6 Å². The lowest BCUT2D eigenvalue weighted by molar-refractivity contribution is 0.0564. The number of ether oxygens (including phenoxy) is 1. The van der Waals surface area contributed by atoms with Gasteiger partial charge in [0.25, 0.3) is 0 Å². The van der Waals surface area contributed by atoms with Crippen molar-refractivity contribution in [3.63, 3.8) is 0 Å². The molecule has 112 valence electrons. The van der Waals surface area contributed by atoms with E-state index in [0.29, 0.717) is 38.4 Å². The number of morpholine rings is 1. The number of hydrogen-bond donors (Lipinski definition) is 2. The molecule has 21 heavy (non-hydrogen) atoms. The number of aliphatic hydroxyl groups excluding tert-OH is 1. The molecular formula is C16H20N2O3. The maximum absolute atomic E-state index is 12.2. The molecule has 0 aliphatic carbocycles. The van der Waals surface area contributed by atoms with E-state index >= 15 is 0 Å². The highest BCUT2D eigenvalue weighted by Crippen LogP contribution is 2.17. The molecule has 0 spiro atoms. The van der Waals surface area contributed by atoms with Crippen LogP contribution >= 0.6 is 0 Å². The summed E-state index contributed by atoms with van der Waals surface area (Å²) >= 11 is 0. The molecule has 0 radical (unpaired) electrons. The van der Waals surface area contributed by atoms with Crippen molar-refractivity contribution in [3.05, 3.63) is 29.3 Å². The van der Waals surface area contributed by atoms with Crippen LogP contribution in [-0.2, 0) is 4.74 Å². The zero-order valence-electron chi connectivity index (χ0n) is 12.2. The van der Waals surface area contributed by atoms with E-state index in [2.05, 4.69) is 17.2 Å². The van der Waals surface area contributed by atoms with E-state index in [0.717, 1.165) is 11.1 Å². The molecule has 1 aliphatic heterocycles. The predicted octanol–water partition coefficient (Wildman–Crippen LogP) is 1.59. The summed E-state index contributed by atoms with van der Waals surface area (Å²) in [6.45, 7) is 4.36. The third kappa shape index (κ3) is 4.48. The van der Waals surface area contributed by atoms with Gasteiger partial charge in [0.15, 0.2) is 0 Å². The smallest absolute Gasteiger partial charge is 0.322 e. The Hall–Kier alpha value is -2.03. The minimum atomic E-state index is -0.132. The lowest BCUT2D eigenvalue weighted by Crippen LogP contribution is -2.43. The summed E-state index contributed by atoms with van der Waals surface area (Å²) in [7, 11) is 0. The number of carbonyl (C=O) groups excluding carboxylic acids is 1. The lowest BCUT2D eigenvalue weighted by Gasteiger charge is -2.27. The van der Waals surface area contributed by atoms with Gasteiger partial charge in [-0.05, 0) is 24.6 Å². The normalized spacial score (nSPS) is 14.3. The molecule has 5 heteroatoms. The van der Waals surface area contributed by atoms with Gasteiger partial charge in [0.2, 0.25) is 0 Å². The van der Waals surface area contributed by atoms with Crippen molar-refractivity contribution >= 4 is 11.7 Å². The summed E-state index contributed by atoms with van der Waals surface area (Å²) in [5.74, 6) is 5.88. The molecule has 0 saturated carbocycles. The van der Waals surface area contributed by atoms with Crippen LogP contribution in [0.3, 0.4) is 0 Å². The number of hydrogen-bond acceptors (Lipinski definition) is 3. The van der Waals surface area contributed by atoms with Crippen LogP contribution in [0.1, 0.15) is 17.5 Å². The van der Waals surface area contributed by atoms with E-state index in [4.69, 9.17) is 9.84 Å². The van der Waals surface area contributed by atoms with Crippen molar-refractivity contribution in [2.24, 2.45) is 0 Å². The van der Waals surface area contributed by atoms with Crippen molar-refractivity contribution < 1.29 is 14.6 Å². The van der Waals surface area contributed by atoms with Crippen LogP contribution in [0.5, 0.6) is 0 Å². The van der Waals surface area contributed by atoms with E-state index in [1.807, 2.05) is 25.1 Å². The Balaban J connectivity index is 2.11. The summed E-state index contributed by atoms with van der Waals surface area (Å²) in [5.41, 5.74) is 2.54. The first-order chi connectivity index (χ1) is 10.2. The third-order valence-electron chi connectivity index (χ3n) is 3.17. The molecule has 1 aliphatic rings. The van der Waals surface area contributed by atoms with Crippen LogP contribution in [0.2, 0.25) is 0 Å². The molecule has 1 aromatic carbocycles. The minimum absolute atomic E-state index is 0.0360. The van der Waals surface area contributed by atoms with Crippen LogP contribution < -0.4 is 5.32 Å². The number of rotatable bonds is 2. The van der Waals surface area contributed by atoms with Gasteiger partial charge in [-0.2, -0.15) is 0 Å². The maximum atomic E-state index is 12.2. The highest BCUT2D eigenvalue weighted by molar-refractivity contribution is 5.91. The van der Waals surface area contributed by atoms with Crippen LogP contribution in [0, 0.1) is 18.8 Å². The van der Waals surface area contributed by atoms with E-state index in [1.54, 1.807) is 4.90 Å². The number of aliphatic hydroxyl groups is 1. The first kappa shape index (κ1) is 15.4. The molecule has 5 nitrogen and oxygen atoms in total. The molecule has 0 aromatic heterocycles. The highest BCUT2D eigenvalue weighted by Gasteiger charge is 2.17. The standard InChI is InChI=1S/C16H20N2O3/c1-13-5-6-15(14(12-13)4-2-3-9-19)17-16(20)18-7-10-21-11-8-18/h5-6,12,19H,3,7-11H2,1H3,(H,17,20). The molecule has 2 N–H and O–H groups in total. The Bertz CT molecular complexity index is 554. The number of amides is 2. The third-order valence-corrected chi connectivity index (χ3v) is 3.17. The summed E-state index contributed by atoms with van der Waals surface area (Å²) in [4.78, 5) is 13.9. The SMILES string of the molecule is Cc1ccc(NC(=O)N2CCOCC2)c(C#CCCO)c1. The summed E-state index contributed by atoms with van der Waals surface area (Å²) in [6, 6.07) is 5.59. The second-order valence-corrected chi connectivity index (χ2v) is 4.85.